The van der Waals surface area contributed by atoms with Crippen LogP contribution in [-0.2, 0) is 6.54 Å². The van der Waals surface area contributed by atoms with Crippen molar-refractivity contribution in [2.24, 2.45) is 4.99 Å². The summed E-state index contributed by atoms with van der Waals surface area (Å²) in [6, 6.07) is 5.95. The molecular weight excluding hydrogens is 314 g/mol. The van der Waals surface area contributed by atoms with Gasteiger partial charge in [0, 0.05) is 23.2 Å². The molecule has 1 fully saturated rings. The fourth-order valence-electron chi connectivity index (χ4n) is 2.75. The summed E-state index contributed by atoms with van der Waals surface area (Å²) in [5.41, 5.74) is 0.994. The number of methoxy groups -OCH3 is 1. The number of guanidine groups is 1. The first kappa shape index (κ1) is 17.9. The molecule has 0 saturated heterocycles. The zero-order chi connectivity index (χ0) is 16.7. The minimum absolute atomic E-state index is 0.147. The van der Waals surface area contributed by atoms with Gasteiger partial charge in [-0.2, -0.15) is 0 Å². The van der Waals surface area contributed by atoms with Crippen LogP contribution >= 0.6 is 11.6 Å². The molecule has 5 nitrogen and oxygen atoms in total. The molecule has 1 saturated carbocycles. The smallest absolute Gasteiger partial charge is 0.191 e. The lowest BCUT2D eigenvalue weighted by Crippen LogP contribution is -2.45. The van der Waals surface area contributed by atoms with Crippen LogP contribution < -0.4 is 15.4 Å². The average molecular weight is 340 g/mol. The molecule has 0 unspecified atom stereocenters. The lowest BCUT2D eigenvalue weighted by molar-refractivity contribution is 0.120. The highest BCUT2D eigenvalue weighted by Gasteiger charge is 2.20. The van der Waals surface area contributed by atoms with Crippen LogP contribution in [0.5, 0.6) is 5.75 Å². The number of nitrogens with one attached hydrogen (secondary N) is 2. The lowest BCUT2D eigenvalue weighted by Gasteiger charge is -2.27. The second-order valence-corrected chi connectivity index (χ2v) is 6.24. The van der Waals surface area contributed by atoms with Crippen LogP contribution in [0.1, 0.15) is 38.2 Å². The first-order chi connectivity index (χ1) is 11.1. The first-order valence-electron chi connectivity index (χ1n) is 8.17. The summed E-state index contributed by atoms with van der Waals surface area (Å²) >= 11 is 5.99. The predicted octanol–water partition coefficient (Wildman–Crippen LogP) is 2.71. The van der Waals surface area contributed by atoms with Crippen LogP contribution in [-0.4, -0.2) is 36.9 Å². The number of aliphatic hydroxyl groups excluding tert-OH is 1. The average Bonchev–Trinajstić information content (AvgIpc) is 2.55. The first-order valence-corrected chi connectivity index (χ1v) is 8.55. The molecule has 6 heteroatoms. The van der Waals surface area contributed by atoms with E-state index in [0.29, 0.717) is 17.6 Å². The summed E-state index contributed by atoms with van der Waals surface area (Å²) in [4.78, 5) is 4.64. The van der Waals surface area contributed by atoms with Crippen LogP contribution in [0.2, 0.25) is 5.02 Å². The van der Waals surface area contributed by atoms with Crippen LogP contribution in [0.3, 0.4) is 0 Å². The van der Waals surface area contributed by atoms with Crippen molar-refractivity contribution in [3.05, 3.63) is 28.8 Å². The van der Waals surface area contributed by atoms with Crippen LogP contribution in [0.25, 0.3) is 0 Å². The molecule has 1 aromatic carbocycles. The van der Waals surface area contributed by atoms with Crippen molar-refractivity contribution in [3.8, 4) is 5.75 Å². The number of aliphatic imine (C=N–C) groups is 1. The fraction of sp³-hybridized carbons (Fsp3) is 0.588. The van der Waals surface area contributed by atoms with Crippen molar-refractivity contribution in [2.45, 2.75) is 51.3 Å². The van der Waals surface area contributed by atoms with Crippen LogP contribution in [0, 0.1) is 0 Å². The van der Waals surface area contributed by atoms with Gasteiger partial charge in [-0.3, -0.25) is 0 Å². The zero-order valence-electron chi connectivity index (χ0n) is 13.8. The van der Waals surface area contributed by atoms with E-state index in [1.807, 2.05) is 19.1 Å². The van der Waals surface area contributed by atoms with E-state index in [-0.39, 0.29) is 6.10 Å². The molecule has 3 N–H and O–H groups in total. The Morgan fingerprint density at radius 3 is 2.74 bits per heavy atom. The Labute approximate surface area is 143 Å². The van der Waals surface area contributed by atoms with Crippen molar-refractivity contribution in [1.29, 1.82) is 0 Å². The maximum atomic E-state index is 9.60. The zero-order valence-corrected chi connectivity index (χ0v) is 14.6. The number of halogens is 1. The van der Waals surface area contributed by atoms with Gasteiger partial charge in [-0.05, 0) is 44.7 Å². The number of benzene rings is 1. The van der Waals surface area contributed by atoms with Gasteiger partial charge in [0.05, 0.1) is 19.8 Å². The number of ether oxygens (including phenoxy) is 1. The van der Waals surface area contributed by atoms with Gasteiger partial charge < -0.3 is 20.5 Å². The van der Waals surface area contributed by atoms with E-state index < -0.39 is 0 Å². The summed E-state index contributed by atoms with van der Waals surface area (Å²) in [6.45, 7) is 3.37. The van der Waals surface area contributed by atoms with Gasteiger partial charge >= 0.3 is 0 Å². The van der Waals surface area contributed by atoms with E-state index in [0.717, 1.165) is 49.5 Å². The van der Waals surface area contributed by atoms with Crippen LogP contribution in [0.4, 0.5) is 0 Å². The summed E-state index contributed by atoms with van der Waals surface area (Å²) in [5.74, 6) is 1.55. The monoisotopic (exact) mass is 339 g/mol. The Bertz CT molecular complexity index is 529. The topological polar surface area (TPSA) is 65.9 Å². The lowest BCUT2D eigenvalue weighted by atomic mass is 9.93. The third kappa shape index (κ3) is 5.59. The van der Waals surface area contributed by atoms with Gasteiger partial charge in [-0.15, -0.1) is 0 Å². The number of hydrogen-bond donors (Lipinski definition) is 3. The molecule has 0 spiro atoms. The quantitative estimate of drug-likeness (QED) is 0.570. The molecule has 0 amide bonds. The number of rotatable bonds is 5. The highest BCUT2D eigenvalue weighted by Crippen LogP contribution is 2.24. The summed E-state index contributed by atoms with van der Waals surface area (Å²) in [5, 5.41) is 17.0. The molecule has 23 heavy (non-hydrogen) atoms. The maximum Gasteiger partial charge on any atom is 0.191 e. The third-order valence-electron chi connectivity index (χ3n) is 4.04. The number of hydrogen-bond acceptors (Lipinski definition) is 3. The SMILES string of the molecule is CCNC(=NCc1ccc(Cl)cc1OC)NC1CCC(O)CC1. The Kier molecular flexibility index (Phi) is 6.99. The van der Waals surface area contributed by atoms with Gasteiger partial charge in [0.2, 0.25) is 0 Å². The molecule has 0 heterocycles. The van der Waals surface area contributed by atoms with Gasteiger partial charge in [0.1, 0.15) is 5.75 Å². The highest BCUT2D eigenvalue weighted by molar-refractivity contribution is 6.30. The van der Waals surface area contributed by atoms with E-state index in [9.17, 15) is 5.11 Å². The molecular formula is C17H26ClN3O2. The molecule has 1 aromatic rings. The van der Waals surface area contributed by atoms with E-state index in [1.165, 1.54) is 0 Å². The Morgan fingerprint density at radius 2 is 2.09 bits per heavy atom. The molecule has 0 bridgehead atoms. The highest BCUT2D eigenvalue weighted by atomic mass is 35.5. The Hall–Kier alpha value is -1.46. The largest absolute Gasteiger partial charge is 0.496 e. The molecule has 128 valence electrons. The molecule has 2 rings (SSSR count). The second-order valence-electron chi connectivity index (χ2n) is 5.80. The number of nitrogens with zero attached hydrogens (tertiary/aromatic N) is 1. The van der Waals surface area contributed by atoms with Gasteiger partial charge in [-0.1, -0.05) is 17.7 Å². The summed E-state index contributed by atoms with van der Waals surface area (Å²) in [7, 11) is 1.63. The van der Waals surface area contributed by atoms with Crippen molar-refractivity contribution in [1.82, 2.24) is 10.6 Å². The van der Waals surface area contributed by atoms with E-state index >= 15 is 0 Å². The Balaban J connectivity index is 2.01. The van der Waals surface area contributed by atoms with E-state index in [1.54, 1.807) is 13.2 Å². The summed E-state index contributed by atoms with van der Waals surface area (Å²) in [6.07, 6.45) is 3.49. The van der Waals surface area contributed by atoms with Crippen LogP contribution in [0.15, 0.2) is 23.2 Å². The van der Waals surface area contributed by atoms with Crippen molar-refractivity contribution in [2.75, 3.05) is 13.7 Å². The minimum atomic E-state index is -0.147. The molecule has 0 radical (unpaired) electrons. The maximum absolute atomic E-state index is 9.60. The molecule has 0 atom stereocenters. The second kappa shape index (κ2) is 8.99. The van der Waals surface area contributed by atoms with Crippen molar-refractivity contribution in [3.63, 3.8) is 0 Å². The normalized spacial score (nSPS) is 21.8. The molecule has 0 aliphatic heterocycles. The third-order valence-corrected chi connectivity index (χ3v) is 4.27. The van der Waals surface area contributed by atoms with Crippen molar-refractivity contribution < 1.29 is 9.84 Å². The van der Waals surface area contributed by atoms with Crippen molar-refractivity contribution >= 4 is 17.6 Å². The Morgan fingerprint density at radius 1 is 1.35 bits per heavy atom. The van der Waals surface area contributed by atoms with Gasteiger partial charge in [0.25, 0.3) is 0 Å². The van der Waals surface area contributed by atoms with E-state index in [2.05, 4.69) is 15.6 Å². The molecule has 1 aliphatic rings. The predicted molar refractivity (Wildman–Crippen MR) is 94.2 cm³/mol. The fourth-order valence-corrected chi connectivity index (χ4v) is 2.91. The van der Waals surface area contributed by atoms with E-state index in [4.69, 9.17) is 16.3 Å². The number of aliphatic hydroxyl groups is 1. The minimum Gasteiger partial charge on any atom is -0.496 e. The van der Waals surface area contributed by atoms with Gasteiger partial charge in [0.15, 0.2) is 5.96 Å². The summed E-state index contributed by atoms with van der Waals surface area (Å²) < 4.78 is 5.36. The standard InChI is InChI=1S/C17H26ClN3O2/c1-3-19-17(21-14-6-8-15(22)9-7-14)20-11-12-4-5-13(18)10-16(12)23-2/h4-5,10,14-15,22H,3,6-9,11H2,1-2H3,(H2,19,20,21). The van der Waals surface area contributed by atoms with Gasteiger partial charge in [-0.25, -0.2) is 4.99 Å². The molecule has 1 aliphatic carbocycles. The molecule has 0 aromatic heterocycles.